The number of hydrogen-bond donors (Lipinski definition) is 1. The van der Waals surface area contributed by atoms with E-state index < -0.39 is 0 Å². The van der Waals surface area contributed by atoms with Crippen molar-refractivity contribution in [2.75, 3.05) is 7.11 Å². The third-order valence-electron chi connectivity index (χ3n) is 2.98. The SMILES string of the molecule is COc1ccc(-c2nc3c([nH]2)=CCCC=3)cc1. The van der Waals surface area contributed by atoms with E-state index in [1.807, 2.05) is 24.3 Å². The minimum Gasteiger partial charge on any atom is -0.497 e. The van der Waals surface area contributed by atoms with Gasteiger partial charge in [-0.3, -0.25) is 0 Å². The summed E-state index contributed by atoms with van der Waals surface area (Å²) < 4.78 is 5.14. The number of hydrogen-bond acceptors (Lipinski definition) is 2. The monoisotopic (exact) mass is 226 g/mol. The molecule has 1 heterocycles. The van der Waals surface area contributed by atoms with Gasteiger partial charge in [0.25, 0.3) is 0 Å². The van der Waals surface area contributed by atoms with Crippen molar-refractivity contribution >= 4 is 12.2 Å². The van der Waals surface area contributed by atoms with Crippen LogP contribution >= 0.6 is 0 Å². The Morgan fingerprint density at radius 1 is 1.12 bits per heavy atom. The lowest BCUT2D eigenvalue weighted by Gasteiger charge is -2.00. The van der Waals surface area contributed by atoms with E-state index in [0.717, 1.165) is 40.7 Å². The summed E-state index contributed by atoms with van der Waals surface area (Å²) >= 11 is 0. The highest BCUT2D eigenvalue weighted by Gasteiger charge is 2.04. The number of imidazole rings is 1. The zero-order chi connectivity index (χ0) is 11.7. The molecule has 1 aliphatic rings. The average Bonchev–Trinajstić information content (AvgIpc) is 2.82. The van der Waals surface area contributed by atoms with Gasteiger partial charge in [0.1, 0.15) is 11.6 Å². The minimum absolute atomic E-state index is 0.864. The molecule has 1 N–H and O–H groups in total. The van der Waals surface area contributed by atoms with Gasteiger partial charge in [0.2, 0.25) is 0 Å². The van der Waals surface area contributed by atoms with Crippen molar-refractivity contribution in [2.45, 2.75) is 12.8 Å². The van der Waals surface area contributed by atoms with Crippen molar-refractivity contribution < 1.29 is 4.74 Å². The first-order chi connectivity index (χ1) is 8.36. The Hall–Kier alpha value is -2.03. The summed E-state index contributed by atoms with van der Waals surface area (Å²) in [7, 11) is 1.67. The van der Waals surface area contributed by atoms with Crippen LogP contribution in [0.5, 0.6) is 5.75 Å². The van der Waals surface area contributed by atoms with Crippen molar-refractivity contribution in [3.05, 3.63) is 35.0 Å². The molecule has 0 saturated carbocycles. The quantitative estimate of drug-likeness (QED) is 0.841. The van der Waals surface area contributed by atoms with Crippen LogP contribution in [0.1, 0.15) is 12.8 Å². The highest BCUT2D eigenvalue weighted by atomic mass is 16.5. The van der Waals surface area contributed by atoms with Gasteiger partial charge < -0.3 is 9.72 Å². The fraction of sp³-hybridized carbons (Fsp3) is 0.214. The second kappa shape index (κ2) is 4.09. The van der Waals surface area contributed by atoms with Gasteiger partial charge in [0.05, 0.1) is 17.8 Å². The number of aromatic amines is 1. The number of benzene rings is 1. The Kier molecular flexibility index (Phi) is 2.44. The highest BCUT2D eigenvalue weighted by molar-refractivity contribution is 5.57. The van der Waals surface area contributed by atoms with E-state index in [2.05, 4.69) is 22.1 Å². The van der Waals surface area contributed by atoms with Crippen LogP contribution in [0.15, 0.2) is 24.3 Å². The molecule has 0 unspecified atom stereocenters. The fourth-order valence-corrected chi connectivity index (χ4v) is 2.04. The smallest absolute Gasteiger partial charge is 0.138 e. The summed E-state index contributed by atoms with van der Waals surface area (Å²) in [5.41, 5.74) is 1.09. The number of methoxy groups -OCH3 is 1. The van der Waals surface area contributed by atoms with E-state index in [4.69, 9.17) is 4.74 Å². The normalized spacial score (nSPS) is 13.5. The van der Waals surface area contributed by atoms with Crippen molar-refractivity contribution in [1.29, 1.82) is 0 Å². The van der Waals surface area contributed by atoms with Crippen LogP contribution in [-0.2, 0) is 0 Å². The van der Waals surface area contributed by atoms with Gasteiger partial charge in [-0.15, -0.1) is 0 Å². The van der Waals surface area contributed by atoms with Crippen LogP contribution < -0.4 is 15.4 Å². The van der Waals surface area contributed by atoms with Crippen LogP contribution in [0.3, 0.4) is 0 Å². The number of H-pyrrole nitrogens is 1. The standard InChI is InChI=1S/C14H14N2O/c1-17-11-8-6-10(7-9-11)14-15-12-4-2-3-5-13(12)16-14/h4-9H,2-3H2,1H3,(H,15,16). The summed E-state index contributed by atoms with van der Waals surface area (Å²) in [6, 6.07) is 7.93. The molecule has 3 nitrogen and oxygen atoms in total. The molecular weight excluding hydrogens is 212 g/mol. The molecule has 0 saturated heterocycles. The number of nitrogens with zero attached hydrogens (tertiary/aromatic N) is 1. The predicted molar refractivity (Wildman–Crippen MR) is 68.0 cm³/mol. The van der Waals surface area contributed by atoms with Gasteiger partial charge in [0, 0.05) is 5.56 Å². The first-order valence-corrected chi connectivity index (χ1v) is 5.77. The van der Waals surface area contributed by atoms with E-state index in [-0.39, 0.29) is 0 Å². The fourth-order valence-electron chi connectivity index (χ4n) is 2.04. The van der Waals surface area contributed by atoms with Gasteiger partial charge in [-0.25, -0.2) is 4.98 Å². The van der Waals surface area contributed by atoms with Gasteiger partial charge in [-0.2, -0.15) is 0 Å². The maximum atomic E-state index is 5.14. The molecule has 1 aliphatic carbocycles. The third-order valence-corrected chi connectivity index (χ3v) is 2.98. The molecule has 1 aromatic carbocycles. The van der Waals surface area contributed by atoms with Gasteiger partial charge in [-0.1, -0.05) is 12.2 Å². The van der Waals surface area contributed by atoms with Gasteiger partial charge >= 0.3 is 0 Å². The molecule has 3 rings (SSSR count). The molecule has 0 aliphatic heterocycles. The summed E-state index contributed by atoms with van der Waals surface area (Å²) in [4.78, 5) is 7.94. The zero-order valence-corrected chi connectivity index (χ0v) is 9.73. The number of ether oxygens (including phenoxy) is 1. The van der Waals surface area contributed by atoms with Crippen molar-refractivity contribution in [3.63, 3.8) is 0 Å². The number of aromatic nitrogens is 2. The van der Waals surface area contributed by atoms with Gasteiger partial charge in [-0.05, 0) is 37.1 Å². The topological polar surface area (TPSA) is 37.9 Å². The third kappa shape index (κ3) is 1.84. The van der Waals surface area contributed by atoms with Crippen molar-refractivity contribution in [2.24, 2.45) is 0 Å². The Morgan fingerprint density at radius 2 is 1.88 bits per heavy atom. The molecule has 86 valence electrons. The van der Waals surface area contributed by atoms with Crippen LogP contribution in [0.2, 0.25) is 0 Å². The van der Waals surface area contributed by atoms with E-state index >= 15 is 0 Å². The second-order valence-corrected chi connectivity index (χ2v) is 4.10. The lowest BCUT2D eigenvalue weighted by Crippen LogP contribution is -2.26. The summed E-state index contributed by atoms with van der Waals surface area (Å²) in [5.74, 6) is 1.79. The Labute approximate surface area is 99.5 Å². The summed E-state index contributed by atoms with van der Waals surface area (Å²) in [6.45, 7) is 0. The molecule has 0 spiro atoms. The first kappa shape index (κ1) is 10.1. The molecule has 0 atom stereocenters. The summed E-state index contributed by atoms with van der Waals surface area (Å²) in [6.07, 6.45) is 6.56. The molecule has 0 radical (unpaired) electrons. The molecule has 0 fully saturated rings. The number of rotatable bonds is 2. The highest BCUT2D eigenvalue weighted by Crippen LogP contribution is 2.17. The molecule has 2 aromatic rings. The van der Waals surface area contributed by atoms with Crippen LogP contribution in [0.25, 0.3) is 23.5 Å². The van der Waals surface area contributed by atoms with E-state index in [9.17, 15) is 0 Å². The Balaban J connectivity index is 2.07. The van der Waals surface area contributed by atoms with E-state index in [0.29, 0.717) is 0 Å². The molecular formula is C14H14N2O. The second-order valence-electron chi connectivity index (χ2n) is 4.10. The average molecular weight is 226 g/mol. The molecule has 3 heteroatoms. The van der Waals surface area contributed by atoms with Crippen LogP contribution in [0.4, 0.5) is 0 Å². The molecule has 0 amide bonds. The molecule has 1 aromatic heterocycles. The molecule has 0 bridgehead atoms. The Morgan fingerprint density at radius 3 is 2.59 bits per heavy atom. The minimum atomic E-state index is 0.864. The van der Waals surface area contributed by atoms with Crippen LogP contribution in [-0.4, -0.2) is 17.1 Å². The molecule has 17 heavy (non-hydrogen) atoms. The number of fused-ring (bicyclic) bond motifs is 1. The zero-order valence-electron chi connectivity index (χ0n) is 9.73. The summed E-state index contributed by atoms with van der Waals surface area (Å²) in [5, 5.41) is 2.21. The largest absolute Gasteiger partial charge is 0.497 e. The van der Waals surface area contributed by atoms with Crippen molar-refractivity contribution in [1.82, 2.24) is 9.97 Å². The predicted octanol–water partition coefficient (Wildman–Crippen LogP) is 1.44. The van der Waals surface area contributed by atoms with E-state index in [1.165, 1.54) is 0 Å². The first-order valence-electron chi connectivity index (χ1n) is 5.77. The van der Waals surface area contributed by atoms with Crippen LogP contribution in [0, 0.1) is 0 Å². The number of nitrogens with one attached hydrogen (secondary N) is 1. The van der Waals surface area contributed by atoms with Gasteiger partial charge in [0.15, 0.2) is 0 Å². The van der Waals surface area contributed by atoms with E-state index in [1.54, 1.807) is 7.11 Å². The van der Waals surface area contributed by atoms with Crippen molar-refractivity contribution in [3.8, 4) is 17.1 Å². The Bertz CT molecular complexity index is 604. The maximum absolute atomic E-state index is 5.14. The lowest BCUT2D eigenvalue weighted by atomic mass is 10.2. The lowest BCUT2D eigenvalue weighted by molar-refractivity contribution is 0.415. The maximum Gasteiger partial charge on any atom is 0.138 e.